The second kappa shape index (κ2) is 11.5. The van der Waals surface area contributed by atoms with Crippen molar-refractivity contribution in [2.45, 2.75) is 71.6 Å². The number of benzene rings is 4. The Hall–Kier alpha value is -3.12. The standard InChI is InChI=1S/C19H22.C18H20/c1-14(2)19-17-12-5-3-8-15(17)10-7-11-16-9-4-6-13-18(16)19;1-13(2)18-16-9-5-3-7-14(16)11-12-15-8-4-6-10-17(15)18/h3-6,8-9,12-14,19H,7,10-11H2,1-2H3;3-10,13,18H,11-12H2,1-2H3. The number of aryl methyl sites for hydroxylation is 4. The molecule has 6 rings (SSSR count). The summed E-state index contributed by atoms with van der Waals surface area (Å²) < 4.78 is 0. The van der Waals surface area contributed by atoms with E-state index >= 15 is 0 Å². The van der Waals surface area contributed by atoms with E-state index < -0.39 is 0 Å². The Morgan fingerprint density at radius 3 is 0.973 bits per heavy atom. The number of hydrogen-bond donors (Lipinski definition) is 0. The summed E-state index contributed by atoms with van der Waals surface area (Å²) in [5, 5.41) is 0. The van der Waals surface area contributed by atoms with E-state index in [9.17, 15) is 0 Å². The van der Waals surface area contributed by atoms with Gasteiger partial charge in [-0.3, -0.25) is 0 Å². The predicted molar refractivity (Wildman–Crippen MR) is 159 cm³/mol. The quantitative estimate of drug-likeness (QED) is 0.265. The molecule has 37 heavy (non-hydrogen) atoms. The summed E-state index contributed by atoms with van der Waals surface area (Å²) >= 11 is 0. The van der Waals surface area contributed by atoms with Gasteiger partial charge in [-0.05, 0) is 88.4 Å². The van der Waals surface area contributed by atoms with Crippen LogP contribution >= 0.6 is 0 Å². The van der Waals surface area contributed by atoms with Gasteiger partial charge >= 0.3 is 0 Å². The molecule has 4 aromatic rings. The van der Waals surface area contributed by atoms with Crippen LogP contribution in [0.2, 0.25) is 0 Å². The highest BCUT2D eigenvalue weighted by molar-refractivity contribution is 5.46. The highest BCUT2D eigenvalue weighted by Crippen LogP contribution is 2.39. The molecule has 0 heteroatoms. The van der Waals surface area contributed by atoms with Crippen molar-refractivity contribution in [3.05, 3.63) is 142 Å². The molecule has 190 valence electrons. The second-order valence-corrected chi connectivity index (χ2v) is 11.6. The maximum absolute atomic E-state index is 2.35. The molecule has 0 radical (unpaired) electrons. The molecule has 4 aromatic carbocycles. The van der Waals surface area contributed by atoms with E-state index in [-0.39, 0.29) is 0 Å². The van der Waals surface area contributed by atoms with Gasteiger partial charge in [-0.2, -0.15) is 0 Å². The van der Waals surface area contributed by atoms with Crippen LogP contribution in [0.4, 0.5) is 0 Å². The van der Waals surface area contributed by atoms with E-state index in [1.807, 2.05) is 0 Å². The van der Waals surface area contributed by atoms with Gasteiger partial charge in [0.2, 0.25) is 0 Å². The van der Waals surface area contributed by atoms with Crippen molar-refractivity contribution >= 4 is 0 Å². The highest BCUT2D eigenvalue weighted by atomic mass is 14.3. The summed E-state index contributed by atoms with van der Waals surface area (Å²) in [7, 11) is 0. The van der Waals surface area contributed by atoms with Gasteiger partial charge in [-0.25, -0.2) is 0 Å². The lowest BCUT2D eigenvalue weighted by Gasteiger charge is -2.29. The average Bonchev–Trinajstić information content (AvgIpc) is 3.06. The van der Waals surface area contributed by atoms with Crippen LogP contribution in [0.25, 0.3) is 0 Å². The fourth-order valence-electron chi connectivity index (χ4n) is 6.77. The van der Waals surface area contributed by atoms with E-state index in [0.29, 0.717) is 23.7 Å². The minimum Gasteiger partial charge on any atom is -0.0620 e. The largest absolute Gasteiger partial charge is 0.0620 e. The van der Waals surface area contributed by atoms with Crippen molar-refractivity contribution in [2.75, 3.05) is 0 Å². The molecule has 0 spiro atoms. The van der Waals surface area contributed by atoms with Crippen molar-refractivity contribution in [2.24, 2.45) is 11.8 Å². The number of fused-ring (bicyclic) bond motifs is 4. The zero-order valence-corrected chi connectivity index (χ0v) is 23.1. The number of rotatable bonds is 2. The normalized spacial score (nSPS) is 15.3. The lowest BCUT2D eigenvalue weighted by atomic mass is 9.76. The molecule has 0 aliphatic heterocycles. The van der Waals surface area contributed by atoms with E-state index in [2.05, 4.69) is 125 Å². The van der Waals surface area contributed by atoms with Crippen molar-refractivity contribution < 1.29 is 0 Å². The molecule has 0 saturated carbocycles. The molecule has 2 aliphatic rings. The van der Waals surface area contributed by atoms with Crippen molar-refractivity contribution in [3.8, 4) is 0 Å². The molecule has 0 amide bonds. The SMILES string of the molecule is CC(C)C1c2ccccc2CCCc2ccccc21.CC(C)C1c2ccccc2CCc2ccccc21. The van der Waals surface area contributed by atoms with Gasteiger partial charge in [0, 0.05) is 11.8 Å². The van der Waals surface area contributed by atoms with Gasteiger partial charge in [-0.15, -0.1) is 0 Å². The van der Waals surface area contributed by atoms with E-state index in [0.717, 1.165) is 0 Å². The Kier molecular flexibility index (Phi) is 7.94. The summed E-state index contributed by atoms with van der Waals surface area (Å²) in [6, 6.07) is 36.0. The van der Waals surface area contributed by atoms with Gasteiger partial charge in [0.25, 0.3) is 0 Å². The first-order chi connectivity index (χ1) is 18.0. The summed E-state index contributed by atoms with van der Waals surface area (Å²) in [6.45, 7) is 9.37. The minimum absolute atomic E-state index is 0.549. The first-order valence-electron chi connectivity index (χ1n) is 14.4. The predicted octanol–water partition coefficient (Wildman–Crippen LogP) is 9.54. The molecular formula is C37H42. The van der Waals surface area contributed by atoms with Crippen LogP contribution in [0.3, 0.4) is 0 Å². The third kappa shape index (κ3) is 5.45. The van der Waals surface area contributed by atoms with Crippen LogP contribution in [0.1, 0.15) is 90.5 Å². The van der Waals surface area contributed by atoms with Crippen LogP contribution in [-0.4, -0.2) is 0 Å². The van der Waals surface area contributed by atoms with Crippen molar-refractivity contribution in [1.82, 2.24) is 0 Å². The number of hydrogen-bond acceptors (Lipinski definition) is 0. The summed E-state index contributed by atoms with van der Waals surface area (Å²) in [5.74, 6) is 2.39. The van der Waals surface area contributed by atoms with Gasteiger partial charge in [0.15, 0.2) is 0 Å². The minimum atomic E-state index is 0.549. The average molecular weight is 487 g/mol. The first kappa shape index (κ1) is 25.5. The van der Waals surface area contributed by atoms with Gasteiger partial charge in [-0.1, -0.05) is 125 Å². The van der Waals surface area contributed by atoms with Crippen LogP contribution in [-0.2, 0) is 25.7 Å². The summed E-state index contributed by atoms with van der Waals surface area (Å²) in [5.41, 5.74) is 12.3. The molecule has 0 unspecified atom stereocenters. The van der Waals surface area contributed by atoms with Crippen LogP contribution in [0.15, 0.2) is 97.1 Å². The third-order valence-electron chi connectivity index (χ3n) is 8.45. The molecule has 0 saturated heterocycles. The molecule has 2 aliphatic carbocycles. The lowest BCUT2D eigenvalue weighted by Crippen LogP contribution is -2.15. The maximum Gasteiger partial charge on any atom is 0.0118 e. The van der Waals surface area contributed by atoms with E-state index in [4.69, 9.17) is 0 Å². The smallest absolute Gasteiger partial charge is 0.0118 e. The molecular weight excluding hydrogens is 444 g/mol. The Morgan fingerprint density at radius 1 is 0.405 bits per heavy atom. The van der Waals surface area contributed by atoms with E-state index in [1.54, 1.807) is 22.3 Å². The molecule has 0 heterocycles. The van der Waals surface area contributed by atoms with E-state index in [1.165, 1.54) is 54.4 Å². The fourth-order valence-corrected chi connectivity index (χ4v) is 6.77. The molecule has 0 atom stereocenters. The zero-order chi connectivity index (χ0) is 25.8. The fraction of sp³-hybridized carbons (Fsp3) is 0.351. The third-order valence-corrected chi connectivity index (χ3v) is 8.45. The lowest BCUT2D eigenvalue weighted by molar-refractivity contribution is 0.548. The zero-order valence-electron chi connectivity index (χ0n) is 23.1. The van der Waals surface area contributed by atoms with Gasteiger partial charge in [0.1, 0.15) is 0 Å². The van der Waals surface area contributed by atoms with Crippen LogP contribution in [0.5, 0.6) is 0 Å². The molecule has 0 nitrogen and oxygen atoms in total. The molecule has 0 N–H and O–H groups in total. The molecule has 0 bridgehead atoms. The Bertz CT molecular complexity index is 1230. The van der Waals surface area contributed by atoms with Crippen LogP contribution in [0, 0.1) is 11.8 Å². The Balaban J connectivity index is 0.000000152. The topological polar surface area (TPSA) is 0 Å². The Labute approximate surface area is 224 Å². The summed E-state index contributed by atoms with van der Waals surface area (Å²) in [6.07, 6.45) is 6.05. The molecule has 0 aromatic heterocycles. The van der Waals surface area contributed by atoms with Crippen LogP contribution < -0.4 is 0 Å². The van der Waals surface area contributed by atoms with Gasteiger partial charge in [0.05, 0.1) is 0 Å². The monoisotopic (exact) mass is 486 g/mol. The molecule has 0 fully saturated rings. The van der Waals surface area contributed by atoms with Gasteiger partial charge < -0.3 is 0 Å². The highest BCUT2D eigenvalue weighted by Gasteiger charge is 2.26. The Morgan fingerprint density at radius 2 is 0.676 bits per heavy atom. The van der Waals surface area contributed by atoms with Crippen molar-refractivity contribution in [3.63, 3.8) is 0 Å². The maximum atomic E-state index is 2.35. The van der Waals surface area contributed by atoms with Crippen molar-refractivity contribution in [1.29, 1.82) is 0 Å². The second-order valence-electron chi connectivity index (χ2n) is 11.6. The first-order valence-corrected chi connectivity index (χ1v) is 14.4. The summed E-state index contributed by atoms with van der Waals surface area (Å²) in [4.78, 5) is 0.